The number of fused-ring (bicyclic) bond motifs is 1. The van der Waals surface area contributed by atoms with E-state index in [1.165, 1.54) is 5.56 Å². The molecule has 7 heteroatoms. The van der Waals surface area contributed by atoms with E-state index in [1.54, 1.807) is 0 Å². The molecule has 3 N–H and O–H groups in total. The Morgan fingerprint density at radius 1 is 1.16 bits per heavy atom. The number of hydrogen-bond donors (Lipinski definition) is 3. The van der Waals surface area contributed by atoms with Gasteiger partial charge in [-0.15, -0.1) is 0 Å². The van der Waals surface area contributed by atoms with E-state index < -0.39 is 0 Å². The molecule has 0 bridgehead atoms. The molecule has 2 aliphatic rings. The summed E-state index contributed by atoms with van der Waals surface area (Å²) in [5.74, 6) is 1.64. The predicted molar refractivity (Wildman–Crippen MR) is 121 cm³/mol. The summed E-state index contributed by atoms with van der Waals surface area (Å²) >= 11 is 0. The number of carbonyl (C=O) groups is 1. The molecular formula is C24H30N4O3. The summed E-state index contributed by atoms with van der Waals surface area (Å²) in [4.78, 5) is 17.0. The first kappa shape index (κ1) is 21.2. The van der Waals surface area contributed by atoms with E-state index in [0.717, 1.165) is 48.8 Å². The fourth-order valence-electron chi connectivity index (χ4n) is 3.85. The smallest absolute Gasteiger partial charge is 0.253 e. The van der Waals surface area contributed by atoms with E-state index in [9.17, 15) is 4.79 Å². The van der Waals surface area contributed by atoms with Gasteiger partial charge >= 0.3 is 0 Å². The lowest BCUT2D eigenvalue weighted by atomic mass is 10.1. The van der Waals surface area contributed by atoms with Crippen LogP contribution < -0.4 is 20.7 Å². The van der Waals surface area contributed by atoms with Gasteiger partial charge in [-0.05, 0) is 49.1 Å². The highest BCUT2D eigenvalue weighted by atomic mass is 16.5. The third kappa shape index (κ3) is 5.76. The minimum atomic E-state index is -0.338. The summed E-state index contributed by atoms with van der Waals surface area (Å²) in [7, 11) is 0. The monoisotopic (exact) mass is 422 g/mol. The number of nitrogens with zero attached hydrogens (tertiary/aromatic N) is 1. The van der Waals surface area contributed by atoms with E-state index in [-0.39, 0.29) is 18.1 Å². The molecule has 164 valence electrons. The van der Waals surface area contributed by atoms with Crippen LogP contribution in [0.15, 0.2) is 53.5 Å². The van der Waals surface area contributed by atoms with Crippen LogP contribution in [0.3, 0.4) is 0 Å². The van der Waals surface area contributed by atoms with Gasteiger partial charge in [-0.2, -0.15) is 0 Å². The number of amides is 1. The van der Waals surface area contributed by atoms with Crippen molar-refractivity contribution in [3.05, 3.63) is 59.7 Å². The molecule has 0 saturated carbocycles. The molecule has 4 rings (SSSR count). The third-order valence-electron chi connectivity index (χ3n) is 5.39. The maximum Gasteiger partial charge on any atom is 0.253 e. The van der Waals surface area contributed by atoms with Crippen molar-refractivity contribution in [1.29, 1.82) is 0 Å². The van der Waals surface area contributed by atoms with Crippen LogP contribution in [0.1, 0.15) is 30.9 Å². The Hall–Kier alpha value is -3.06. The van der Waals surface area contributed by atoms with Crippen molar-refractivity contribution >= 4 is 17.6 Å². The van der Waals surface area contributed by atoms with Crippen molar-refractivity contribution in [3.63, 3.8) is 0 Å². The Labute approximate surface area is 183 Å². The van der Waals surface area contributed by atoms with Crippen molar-refractivity contribution in [2.24, 2.45) is 4.99 Å². The molecule has 2 aromatic rings. The minimum absolute atomic E-state index is 0.0780. The Kier molecular flexibility index (Phi) is 7.04. The van der Waals surface area contributed by atoms with Gasteiger partial charge in [0.05, 0.1) is 13.1 Å². The van der Waals surface area contributed by atoms with E-state index in [4.69, 9.17) is 14.5 Å². The average molecular weight is 423 g/mol. The molecule has 7 nitrogen and oxygen atoms in total. The van der Waals surface area contributed by atoms with Gasteiger partial charge in [0.25, 0.3) is 5.91 Å². The SMILES string of the molecule is CCNC(=NCc1cccc(NC(=O)C2CCCO2)c1)NCC1Cc2ccccc2O1. The van der Waals surface area contributed by atoms with E-state index in [0.29, 0.717) is 19.7 Å². The third-order valence-corrected chi connectivity index (χ3v) is 5.39. The van der Waals surface area contributed by atoms with Crippen molar-refractivity contribution in [1.82, 2.24) is 10.6 Å². The highest BCUT2D eigenvalue weighted by Crippen LogP contribution is 2.27. The number of rotatable bonds is 7. The average Bonchev–Trinajstić information content (AvgIpc) is 3.46. The Bertz CT molecular complexity index is 900. The molecule has 1 saturated heterocycles. The van der Waals surface area contributed by atoms with Gasteiger partial charge in [-0.25, -0.2) is 4.99 Å². The number of benzene rings is 2. The molecule has 0 aliphatic carbocycles. The molecule has 0 radical (unpaired) electrons. The van der Waals surface area contributed by atoms with Crippen LogP contribution in [0.5, 0.6) is 5.75 Å². The number of anilines is 1. The second-order valence-corrected chi connectivity index (χ2v) is 7.82. The van der Waals surface area contributed by atoms with Crippen LogP contribution in [0.25, 0.3) is 0 Å². The molecule has 0 spiro atoms. The maximum atomic E-state index is 12.3. The van der Waals surface area contributed by atoms with E-state index in [1.807, 2.05) is 49.4 Å². The fourth-order valence-corrected chi connectivity index (χ4v) is 3.85. The highest BCUT2D eigenvalue weighted by Gasteiger charge is 2.24. The lowest BCUT2D eigenvalue weighted by Crippen LogP contribution is -2.42. The summed E-state index contributed by atoms with van der Waals surface area (Å²) < 4.78 is 11.4. The number of para-hydroxylation sites is 1. The van der Waals surface area contributed by atoms with Gasteiger partial charge < -0.3 is 25.4 Å². The largest absolute Gasteiger partial charge is 0.488 e. The van der Waals surface area contributed by atoms with Crippen LogP contribution in [-0.4, -0.2) is 43.8 Å². The molecule has 2 aliphatic heterocycles. The number of guanidine groups is 1. The molecular weight excluding hydrogens is 392 g/mol. The predicted octanol–water partition coefficient (Wildman–Crippen LogP) is 2.86. The van der Waals surface area contributed by atoms with Gasteiger partial charge in [-0.1, -0.05) is 30.3 Å². The summed E-state index contributed by atoms with van der Waals surface area (Å²) in [6.45, 7) is 4.66. The van der Waals surface area contributed by atoms with E-state index >= 15 is 0 Å². The molecule has 1 amide bonds. The first-order valence-corrected chi connectivity index (χ1v) is 11.0. The van der Waals surface area contributed by atoms with Crippen LogP contribution in [0.4, 0.5) is 5.69 Å². The van der Waals surface area contributed by atoms with Gasteiger partial charge in [-0.3, -0.25) is 4.79 Å². The van der Waals surface area contributed by atoms with Crippen molar-refractivity contribution in [2.75, 3.05) is 25.0 Å². The number of ether oxygens (including phenoxy) is 2. The lowest BCUT2D eigenvalue weighted by Gasteiger charge is -2.15. The van der Waals surface area contributed by atoms with Gasteiger partial charge in [0.2, 0.25) is 0 Å². The molecule has 1 fully saturated rings. The minimum Gasteiger partial charge on any atom is -0.488 e. The number of nitrogens with one attached hydrogen (secondary N) is 3. The number of hydrogen-bond acceptors (Lipinski definition) is 4. The van der Waals surface area contributed by atoms with E-state index in [2.05, 4.69) is 22.0 Å². The topological polar surface area (TPSA) is 84.0 Å². The van der Waals surface area contributed by atoms with Gasteiger partial charge in [0, 0.05) is 25.3 Å². The van der Waals surface area contributed by atoms with Crippen LogP contribution in [-0.2, 0) is 22.5 Å². The van der Waals surface area contributed by atoms with Crippen LogP contribution >= 0.6 is 0 Å². The fraction of sp³-hybridized carbons (Fsp3) is 0.417. The molecule has 31 heavy (non-hydrogen) atoms. The van der Waals surface area contributed by atoms with Crippen molar-refractivity contribution < 1.29 is 14.3 Å². The quantitative estimate of drug-likeness (QED) is 0.472. The first-order chi connectivity index (χ1) is 15.2. The summed E-state index contributed by atoms with van der Waals surface area (Å²) in [6.07, 6.45) is 2.37. The van der Waals surface area contributed by atoms with Gasteiger partial charge in [0.1, 0.15) is 18.0 Å². The maximum absolute atomic E-state index is 12.3. The Morgan fingerprint density at radius 3 is 2.87 bits per heavy atom. The molecule has 2 aromatic carbocycles. The molecule has 0 aromatic heterocycles. The zero-order valence-corrected chi connectivity index (χ0v) is 17.9. The zero-order chi connectivity index (χ0) is 21.5. The second kappa shape index (κ2) is 10.3. The summed E-state index contributed by atoms with van der Waals surface area (Å²) in [6, 6.07) is 15.9. The van der Waals surface area contributed by atoms with Gasteiger partial charge in [0.15, 0.2) is 5.96 Å². The standard InChI is InChI=1S/C24H30N4O3/c1-2-25-24(27-16-20-14-18-8-3-4-10-21(18)31-20)26-15-17-7-5-9-19(13-17)28-23(29)22-11-6-12-30-22/h3-5,7-10,13,20,22H,2,6,11-12,14-16H2,1H3,(H,28,29)(H2,25,26,27). The first-order valence-electron chi connectivity index (χ1n) is 11.0. The van der Waals surface area contributed by atoms with Crippen molar-refractivity contribution in [3.8, 4) is 5.75 Å². The number of aliphatic imine (C=N–C) groups is 1. The number of carbonyl (C=O) groups excluding carboxylic acids is 1. The highest BCUT2D eigenvalue weighted by molar-refractivity contribution is 5.94. The second-order valence-electron chi connectivity index (χ2n) is 7.82. The summed E-state index contributed by atoms with van der Waals surface area (Å²) in [5.41, 5.74) is 3.04. The summed E-state index contributed by atoms with van der Waals surface area (Å²) in [5, 5.41) is 9.61. The Morgan fingerprint density at radius 2 is 2.06 bits per heavy atom. The molecule has 2 heterocycles. The normalized spacial score (nSPS) is 20.1. The Balaban J connectivity index is 1.31. The zero-order valence-electron chi connectivity index (χ0n) is 17.9. The molecule has 2 atom stereocenters. The van der Waals surface area contributed by atoms with Crippen LogP contribution in [0, 0.1) is 0 Å². The van der Waals surface area contributed by atoms with Crippen LogP contribution in [0.2, 0.25) is 0 Å². The molecule has 2 unspecified atom stereocenters. The van der Waals surface area contributed by atoms with Crippen molar-refractivity contribution in [2.45, 2.75) is 44.9 Å². The lowest BCUT2D eigenvalue weighted by molar-refractivity contribution is -0.124.